The van der Waals surface area contributed by atoms with Gasteiger partial charge in [-0.3, -0.25) is 0 Å². The van der Waals surface area contributed by atoms with Crippen molar-refractivity contribution >= 4 is 7.82 Å². The zero-order valence-electron chi connectivity index (χ0n) is 9.67. The Bertz CT molecular complexity index is 273. The van der Waals surface area contributed by atoms with E-state index in [9.17, 15) is 0 Å². The Morgan fingerprint density at radius 1 is 1.07 bits per heavy atom. The lowest BCUT2D eigenvalue weighted by Crippen LogP contribution is -2.32. The van der Waals surface area contributed by atoms with Crippen LogP contribution in [0.5, 0.6) is 0 Å². The van der Waals surface area contributed by atoms with Crippen LogP contribution < -0.4 is 0 Å². The van der Waals surface area contributed by atoms with Crippen LogP contribution in [0.2, 0.25) is 0 Å². The third-order valence-electron chi connectivity index (χ3n) is 2.70. The van der Waals surface area contributed by atoms with Gasteiger partial charge in [0.25, 0.3) is 0 Å². The fourth-order valence-electron chi connectivity index (χ4n) is 1.33. The maximum Gasteiger partial charge on any atom is 0.466 e. The zero-order valence-corrected chi connectivity index (χ0v) is 10.6. The van der Waals surface area contributed by atoms with E-state index < -0.39 is 7.82 Å². The van der Waals surface area contributed by atoms with Crippen LogP contribution in [0.15, 0.2) is 11.4 Å². The minimum absolute atomic E-state index is 0.528. The number of hydrogen-bond acceptors (Lipinski definition) is 3. The molecule has 15 heavy (non-hydrogen) atoms. The Hall–Kier alpha value is -0.550. The highest BCUT2D eigenvalue weighted by Crippen LogP contribution is 2.26. The molecular formula is C8H19N2O4P. The Balaban J connectivity index is 0.000000336. The average molecular weight is 238 g/mol. The zero-order chi connectivity index (χ0) is 12.4. The summed E-state index contributed by atoms with van der Waals surface area (Å²) >= 11 is 0. The molecule has 0 aromatic heterocycles. The van der Waals surface area contributed by atoms with E-state index in [1.54, 1.807) is 0 Å². The van der Waals surface area contributed by atoms with E-state index in [1.165, 1.54) is 11.4 Å². The van der Waals surface area contributed by atoms with Crippen molar-refractivity contribution in [3.8, 4) is 0 Å². The molecule has 0 atom stereocenters. The van der Waals surface area contributed by atoms with Gasteiger partial charge in [0.2, 0.25) is 0 Å². The molecule has 1 aliphatic rings. The highest BCUT2D eigenvalue weighted by molar-refractivity contribution is 7.45. The lowest BCUT2D eigenvalue weighted by molar-refractivity contribution is 0.209. The van der Waals surface area contributed by atoms with Gasteiger partial charge < -0.3 is 24.5 Å². The Morgan fingerprint density at radius 3 is 1.33 bits per heavy atom. The predicted molar refractivity (Wildman–Crippen MR) is 57.6 cm³/mol. The average Bonchev–Trinajstić information content (AvgIpc) is 2.21. The topological polar surface area (TPSA) is 84.2 Å². The molecule has 3 N–H and O–H groups in total. The SMILES string of the molecule is CC1=C(C)N(C)C(C)N1C.O=P(O)(O)O. The van der Waals surface area contributed by atoms with Crippen LogP contribution in [0.25, 0.3) is 0 Å². The van der Waals surface area contributed by atoms with Crippen molar-refractivity contribution in [2.24, 2.45) is 0 Å². The van der Waals surface area contributed by atoms with E-state index in [0.717, 1.165) is 0 Å². The molecule has 1 rings (SSSR count). The minimum atomic E-state index is -4.64. The molecule has 0 radical (unpaired) electrons. The molecule has 0 saturated carbocycles. The maximum atomic E-state index is 8.88. The lowest BCUT2D eigenvalue weighted by atomic mass is 10.4. The molecule has 1 heterocycles. The summed E-state index contributed by atoms with van der Waals surface area (Å²) in [5, 5.41) is 0. The molecule has 0 aromatic carbocycles. The second-order valence-corrected chi connectivity index (χ2v) is 4.56. The van der Waals surface area contributed by atoms with Gasteiger partial charge in [-0.1, -0.05) is 0 Å². The van der Waals surface area contributed by atoms with Crippen molar-refractivity contribution in [2.45, 2.75) is 26.9 Å². The molecule has 90 valence electrons. The van der Waals surface area contributed by atoms with E-state index in [4.69, 9.17) is 19.2 Å². The second kappa shape index (κ2) is 4.99. The largest absolute Gasteiger partial charge is 0.466 e. The Kier molecular flexibility index (Phi) is 4.80. The number of hydrogen-bond donors (Lipinski definition) is 3. The van der Waals surface area contributed by atoms with Gasteiger partial charge in [-0.05, 0) is 20.8 Å². The first-order valence-electron chi connectivity index (χ1n) is 4.47. The molecule has 0 unspecified atom stereocenters. The van der Waals surface area contributed by atoms with Crippen LogP contribution >= 0.6 is 7.82 Å². The summed E-state index contributed by atoms with van der Waals surface area (Å²) < 4.78 is 8.88. The van der Waals surface area contributed by atoms with E-state index in [2.05, 4.69) is 44.7 Å². The van der Waals surface area contributed by atoms with Crippen molar-refractivity contribution in [2.75, 3.05) is 14.1 Å². The molecular weight excluding hydrogens is 219 g/mol. The maximum absolute atomic E-state index is 8.88. The van der Waals surface area contributed by atoms with E-state index in [0.29, 0.717) is 6.17 Å². The smallest absolute Gasteiger partial charge is 0.357 e. The van der Waals surface area contributed by atoms with Crippen LogP contribution in [0.3, 0.4) is 0 Å². The highest BCUT2D eigenvalue weighted by Gasteiger charge is 2.24. The van der Waals surface area contributed by atoms with Crippen LogP contribution in [0.1, 0.15) is 20.8 Å². The Morgan fingerprint density at radius 2 is 1.27 bits per heavy atom. The van der Waals surface area contributed by atoms with Gasteiger partial charge in [-0.25, -0.2) is 4.57 Å². The van der Waals surface area contributed by atoms with Crippen LogP contribution in [0, 0.1) is 0 Å². The van der Waals surface area contributed by atoms with Crippen LogP contribution in [-0.4, -0.2) is 44.7 Å². The summed E-state index contributed by atoms with van der Waals surface area (Å²) in [4.78, 5) is 26.1. The van der Waals surface area contributed by atoms with Gasteiger partial charge in [-0.15, -0.1) is 0 Å². The fourth-order valence-corrected chi connectivity index (χ4v) is 1.33. The molecule has 6 nitrogen and oxygen atoms in total. The molecule has 0 amide bonds. The molecule has 1 aliphatic heterocycles. The van der Waals surface area contributed by atoms with E-state index >= 15 is 0 Å². The first-order valence-corrected chi connectivity index (χ1v) is 6.03. The lowest BCUT2D eigenvalue weighted by Gasteiger charge is -2.25. The summed E-state index contributed by atoms with van der Waals surface area (Å²) in [5.41, 5.74) is 2.77. The van der Waals surface area contributed by atoms with Gasteiger partial charge in [0.1, 0.15) is 0 Å². The number of phosphoric acid groups is 1. The summed E-state index contributed by atoms with van der Waals surface area (Å²) in [6, 6.07) is 0. The first kappa shape index (κ1) is 14.5. The van der Waals surface area contributed by atoms with Gasteiger partial charge >= 0.3 is 7.82 Å². The molecule has 7 heteroatoms. The summed E-state index contributed by atoms with van der Waals surface area (Å²) in [6.45, 7) is 6.53. The van der Waals surface area contributed by atoms with Gasteiger partial charge in [0.05, 0.1) is 6.17 Å². The normalized spacial score (nSPS) is 18.1. The van der Waals surface area contributed by atoms with E-state index in [-0.39, 0.29) is 0 Å². The highest BCUT2D eigenvalue weighted by atomic mass is 31.2. The van der Waals surface area contributed by atoms with Gasteiger partial charge in [0, 0.05) is 25.5 Å². The minimum Gasteiger partial charge on any atom is -0.357 e. The summed E-state index contributed by atoms with van der Waals surface area (Å²) in [7, 11) is -0.375. The van der Waals surface area contributed by atoms with Crippen molar-refractivity contribution in [3.05, 3.63) is 11.4 Å². The van der Waals surface area contributed by atoms with Gasteiger partial charge in [0.15, 0.2) is 0 Å². The molecule has 0 fully saturated rings. The molecule has 0 aromatic rings. The number of allylic oxidation sites excluding steroid dienone is 2. The summed E-state index contributed by atoms with van der Waals surface area (Å²) in [5.74, 6) is 0. The molecule has 0 spiro atoms. The van der Waals surface area contributed by atoms with Crippen molar-refractivity contribution < 1.29 is 19.2 Å². The van der Waals surface area contributed by atoms with Crippen LogP contribution in [-0.2, 0) is 4.57 Å². The van der Waals surface area contributed by atoms with Gasteiger partial charge in [-0.2, -0.15) is 0 Å². The van der Waals surface area contributed by atoms with Crippen molar-refractivity contribution in [3.63, 3.8) is 0 Å². The summed E-state index contributed by atoms with van der Waals surface area (Å²) in [6.07, 6.45) is 0.528. The monoisotopic (exact) mass is 238 g/mol. The standard InChI is InChI=1S/C8H16N2.H3O4P/c1-6-7(2)10(5)8(3)9(6)4;1-5(2,3)4/h8H,1-5H3;(H3,1,2,3,4). The quantitative estimate of drug-likeness (QED) is 0.534. The van der Waals surface area contributed by atoms with Crippen LogP contribution in [0.4, 0.5) is 0 Å². The molecule has 0 bridgehead atoms. The first-order chi connectivity index (χ1) is 6.55. The third kappa shape index (κ3) is 4.66. The third-order valence-corrected chi connectivity index (χ3v) is 2.70. The fraction of sp³-hybridized carbons (Fsp3) is 0.750. The van der Waals surface area contributed by atoms with E-state index in [1.807, 2.05) is 0 Å². The molecule has 0 saturated heterocycles. The van der Waals surface area contributed by atoms with Crippen molar-refractivity contribution in [1.29, 1.82) is 0 Å². The molecule has 0 aliphatic carbocycles. The number of rotatable bonds is 0. The number of nitrogens with zero attached hydrogens (tertiary/aromatic N) is 2. The Labute approximate surface area is 90.1 Å². The predicted octanol–water partition coefficient (Wildman–Crippen LogP) is 0.532. The second-order valence-electron chi connectivity index (χ2n) is 3.54. The van der Waals surface area contributed by atoms with Crippen molar-refractivity contribution in [1.82, 2.24) is 9.80 Å².